The van der Waals surface area contributed by atoms with E-state index in [2.05, 4.69) is 22.0 Å². The van der Waals surface area contributed by atoms with Gasteiger partial charge in [0, 0.05) is 43.0 Å². The van der Waals surface area contributed by atoms with Crippen LogP contribution in [0.15, 0.2) is 46.9 Å². The minimum Gasteiger partial charge on any atom is -0.497 e. The van der Waals surface area contributed by atoms with E-state index in [4.69, 9.17) is 9.15 Å². The first-order valence-electron chi connectivity index (χ1n) is 11.2. The molecule has 1 fully saturated rings. The molecule has 0 N–H and O–H groups in total. The van der Waals surface area contributed by atoms with Crippen LogP contribution >= 0.6 is 0 Å². The fourth-order valence-electron chi connectivity index (χ4n) is 3.88. The lowest BCUT2D eigenvalue weighted by atomic mass is 10.1. The molecule has 2 aromatic carbocycles. The van der Waals surface area contributed by atoms with Crippen molar-refractivity contribution in [3.05, 3.63) is 59.7 Å². The highest BCUT2D eigenvalue weighted by Crippen LogP contribution is 2.27. The van der Waals surface area contributed by atoms with Crippen molar-refractivity contribution in [2.24, 2.45) is 0 Å². The molecule has 0 unspecified atom stereocenters. The van der Waals surface area contributed by atoms with Crippen molar-refractivity contribution in [1.82, 2.24) is 20.0 Å². The van der Waals surface area contributed by atoms with E-state index in [0.717, 1.165) is 25.7 Å². The summed E-state index contributed by atoms with van der Waals surface area (Å²) in [6, 6.07) is 10.8. The number of amides is 2. The van der Waals surface area contributed by atoms with Gasteiger partial charge in [0.25, 0.3) is 5.89 Å². The van der Waals surface area contributed by atoms with Crippen LogP contribution in [-0.2, 0) is 6.54 Å². The summed E-state index contributed by atoms with van der Waals surface area (Å²) < 4.78 is 50.7. The fraction of sp³-hybridized carbons (Fsp3) is 0.375. The van der Waals surface area contributed by atoms with Crippen LogP contribution in [0.3, 0.4) is 0 Å². The number of benzene rings is 2. The first-order valence-corrected chi connectivity index (χ1v) is 11.2. The highest BCUT2D eigenvalue weighted by molar-refractivity contribution is 5.92. The van der Waals surface area contributed by atoms with Gasteiger partial charge in [-0.25, -0.2) is 9.18 Å². The largest absolute Gasteiger partial charge is 0.497 e. The van der Waals surface area contributed by atoms with Crippen molar-refractivity contribution < 1.29 is 27.1 Å². The minimum absolute atomic E-state index is 0.0304. The number of hydrogen-bond donors (Lipinski definition) is 0. The summed E-state index contributed by atoms with van der Waals surface area (Å²) in [4.78, 5) is 19.0. The van der Waals surface area contributed by atoms with Gasteiger partial charge < -0.3 is 19.0 Å². The third-order valence-corrected chi connectivity index (χ3v) is 5.96. The topological polar surface area (TPSA) is 74.9 Å². The summed E-state index contributed by atoms with van der Waals surface area (Å²) in [6.45, 7) is 5.65. The molecule has 0 radical (unpaired) electrons. The van der Waals surface area contributed by atoms with Crippen LogP contribution in [0.2, 0.25) is 0 Å². The Balaban J connectivity index is 1.59. The summed E-state index contributed by atoms with van der Waals surface area (Å²) in [6.07, 6.45) is -2.91. The number of rotatable bonds is 7. The van der Waals surface area contributed by atoms with E-state index < -0.39 is 18.1 Å². The molecule has 0 spiro atoms. The van der Waals surface area contributed by atoms with Crippen molar-refractivity contribution in [2.75, 3.05) is 44.7 Å². The number of nitrogens with zero attached hydrogens (tertiary/aromatic N) is 5. The molecule has 186 valence electrons. The molecular formula is C24H26F3N5O3. The number of alkyl halides is 2. The van der Waals surface area contributed by atoms with E-state index >= 15 is 4.39 Å². The molecule has 1 aliphatic heterocycles. The first-order chi connectivity index (χ1) is 16.9. The Labute approximate surface area is 200 Å². The molecule has 3 aromatic rings. The number of methoxy groups -OCH3 is 1. The standard InChI is InChI=1S/C24H26F3N5O3/c1-3-30-10-12-31(13-11-30)24(33)32(18-6-8-19(34-2)9-7-18)15-17-5-4-16(14-20(17)25)22-28-29-23(35-22)21(26)27/h4-9,14,21H,3,10-13,15H2,1-2H3. The number of piperazine rings is 1. The minimum atomic E-state index is -2.91. The van der Waals surface area contributed by atoms with E-state index in [1.807, 2.05) is 0 Å². The Morgan fingerprint density at radius 1 is 1.11 bits per heavy atom. The molecule has 2 amide bonds. The van der Waals surface area contributed by atoms with Gasteiger partial charge >= 0.3 is 12.5 Å². The van der Waals surface area contributed by atoms with Gasteiger partial charge in [0.15, 0.2) is 0 Å². The highest BCUT2D eigenvalue weighted by atomic mass is 19.3. The summed E-state index contributed by atoms with van der Waals surface area (Å²) in [7, 11) is 1.55. The lowest BCUT2D eigenvalue weighted by molar-refractivity contribution is 0.116. The second-order valence-electron chi connectivity index (χ2n) is 8.04. The number of hydrogen-bond acceptors (Lipinski definition) is 6. The summed E-state index contributed by atoms with van der Waals surface area (Å²) >= 11 is 0. The third-order valence-electron chi connectivity index (χ3n) is 5.96. The second-order valence-corrected chi connectivity index (χ2v) is 8.04. The van der Waals surface area contributed by atoms with Gasteiger partial charge in [0.05, 0.1) is 13.7 Å². The van der Waals surface area contributed by atoms with Crippen LogP contribution in [0.4, 0.5) is 23.7 Å². The van der Waals surface area contributed by atoms with Gasteiger partial charge in [0.2, 0.25) is 5.89 Å². The lowest BCUT2D eigenvalue weighted by Gasteiger charge is -2.37. The molecule has 0 bridgehead atoms. The van der Waals surface area contributed by atoms with Gasteiger partial charge in [-0.1, -0.05) is 13.0 Å². The maximum atomic E-state index is 15.1. The normalized spacial score (nSPS) is 14.4. The number of likely N-dealkylation sites (N-methyl/N-ethyl adjacent to an activating group) is 1. The van der Waals surface area contributed by atoms with Gasteiger partial charge in [-0.3, -0.25) is 4.90 Å². The van der Waals surface area contributed by atoms with E-state index in [0.29, 0.717) is 24.5 Å². The monoisotopic (exact) mass is 489 g/mol. The molecule has 11 heteroatoms. The van der Waals surface area contributed by atoms with E-state index in [1.165, 1.54) is 17.0 Å². The molecule has 0 saturated carbocycles. The maximum absolute atomic E-state index is 15.1. The summed E-state index contributed by atoms with van der Waals surface area (Å²) in [5.74, 6) is -1.02. The highest BCUT2D eigenvalue weighted by Gasteiger charge is 2.27. The molecule has 2 heterocycles. The number of carbonyl (C=O) groups excluding carboxylic acids is 1. The maximum Gasteiger partial charge on any atom is 0.324 e. The van der Waals surface area contributed by atoms with E-state index in [-0.39, 0.29) is 29.6 Å². The van der Waals surface area contributed by atoms with Crippen LogP contribution in [0.5, 0.6) is 5.75 Å². The van der Waals surface area contributed by atoms with E-state index in [1.54, 1.807) is 36.3 Å². The predicted octanol–water partition coefficient (Wildman–Crippen LogP) is 4.59. The Kier molecular flexibility index (Phi) is 7.54. The molecule has 0 aliphatic carbocycles. The zero-order chi connectivity index (χ0) is 24.9. The zero-order valence-electron chi connectivity index (χ0n) is 19.5. The second kappa shape index (κ2) is 10.8. The van der Waals surface area contributed by atoms with Crippen molar-refractivity contribution in [2.45, 2.75) is 19.9 Å². The number of aromatic nitrogens is 2. The molecule has 4 rings (SSSR count). The Bertz CT molecular complexity index is 1150. The Morgan fingerprint density at radius 3 is 2.40 bits per heavy atom. The van der Waals surface area contributed by atoms with Crippen molar-refractivity contribution in [3.63, 3.8) is 0 Å². The number of carbonyl (C=O) groups is 1. The average molecular weight is 489 g/mol. The van der Waals surface area contributed by atoms with Crippen molar-refractivity contribution in [3.8, 4) is 17.2 Å². The average Bonchev–Trinajstić information content (AvgIpc) is 3.39. The van der Waals surface area contributed by atoms with Crippen molar-refractivity contribution in [1.29, 1.82) is 0 Å². The van der Waals surface area contributed by atoms with Gasteiger partial charge in [-0.2, -0.15) is 8.78 Å². The lowest BCUT2D eigenvalue weighted by Crippen LogP contribution is -2.52. The van der Waals surface area contributed by atoms with Crippen LogP contribution < -0.4 is 9.64 Å². The van der Waals surface area contributed by atoms with Gasteiger partial charge in [-0.15, -0.1) is 10.2 Å². The molecule has 1 saturated heterocycles. The summed E-state index contributed by atoms with van der Waals surface area (Å²) in [5.41, 5.74) is 1.01. The Morgan fingerprint density at radius 2 is 1.83 bits per heavy atom. The van der Waals surface area contributed by atoms with Crippen LogP contribution in [-0.4, -0.2) is 65.9 Å². The van der Waals surface area contributed by atoms with Crippen LogP contribution in [0.25, 0.3) is 11.5 Å². The fourth-order valence-corrected chi connectivity index (χ4v) is 3.88. The van der Waals surface area contributed by atoms with E-state index in [9.17, 15) is 13.6 Å². The number of halogens is 3. The predicted molar refractivity (Wildman–Crippen MR) is 123 cm³/mol. The molecule has 0 atom stereocenters. The number of urea groups is 1. The third kappa shape index (κ3) is 5.56. The van der Waals surface area contributed by atoms with Crippen molar-refractivity contribution >= 4 is 11.7 Å². The van der Waals surface area contributed by atoms with Crippen LogP contribution in [0, 0.1) is 5.82 Å². The van der Waals surface area contributed by atoms with Gasteiger partial charge in [0.1, 0.15) is 11.6 Å². The zero-order valence-corrected chi connectivity index (χ0v) is 19.5. The molecular weight excluding hydrogens is 463 g/mol. The summed E-state index contributed by atoms with van der Waals surface area (Å²) in [5, 5.41) is 6.83. The quantitative estimate of drug-likeness (QED) is 0.484. The smallest absolute Gasteiger partial charge is 0.324 e. The number of ether oxygens (including phenoxy) is 1. The van der Waals surface area contributed by atoms with Crippen LogP contribution in [0.1, 0.15) is 24.8 Å². The van der Waals surface area contributed by atoms with Gasteiger partial charge in [-0.05, 0) is 42.9 Å². The molecule has 8 nitrogen and oxygen atoms in total. The Hall–Kier alpha value is -3.60. The first kappa shape index (κ1) is 24.5. The molecule has 1 aliphatic rings. The molecule has 1 aromatic heterocycles. The number of anilines is 1. The SMILES string of the molecule is CCN1CCN(C(=O)N(Cc2ccc(-c3nnc(C(F)F)o3)cc2F)c2ccc(OC)cc2)CC1. The molecule has 35 heavy (non-hydrogen) atoms.